The van der Waals surface area contributed by atoms with Crippen LogP contribution in [0.25, 0.3) is 0 Å². The van der Waals surface area contributed by atoms with E-state index >= 15 is 0 Å². The number of amides is 1. The highest BCUT2D eigenvalue weighted by atomic mass is 16.1. The molecule has 2 heterocycles. The van der Waals surface area contributed by atoms with Crippen LogP contribution >= 0.6 is 0 Å². The van der Waals surface area contributed by atoms with Crippen LogP contribution in [0.1, 0.15) is 48.9 Å². The summed E-state index contributed by atoms with van der Waals surface area (Å²) in [6, 6.07) is -0.119. The van der Waals surface area contributed by atoms with Gasteiger partial charge in [0.05, 0.1) is 11.6 Å². The van der Waals surface area contributed by atoms with E-state index in [4.69, 9.17) is 0 Å². The summed E-state index contributed by atoms with van der Waals surface area (Å²) in [7, 11) is 1.92. The smallest absolute Gasteiger partial charge is 0.255 e. The molecular weight excluding hydrogens is 280 g/mol. The van der Waals surface area contributed by atoms with Crippen LogP contribution < -0.4 is 10.6 Å². The molecular formula is C15H22N6O. The number of carbonyl (C=O) groups excluding carboxylic acids is 1. The lowest BCUT2D eigenvalue weighted by Crippen LogP contribution is -2.30. The van der Waals surface area contributed by atoms with Crippen molar-refractivity contribution in [3.8, 4) is 0 Å². The molecule has 0 aliphatic rings. The molecule has 2 N–H and O–H groups in total. The van der Waals surface area contributed by atoms with Gasteiger partial charge in [0.2, 0.25) is 5.95 Å². The Morgan fingerprint density at radius 3 is 2.55 bits per heavy atom. The number of rotatable bonds is 7. The van der Waals surface area contributed by atoms with Crippen LogP contribution in [0.2, 0.25) is 0 Å². The minimum Gasteiger partial charge on any atom is -0.355 e. The van der Waals surface area contributed by atoms with Gasteiger partial charge in [-0.05, 0) is 13.3 Å². The Bertz CT molecular complexity index is 607. The van der Waals surface area contributed by atoms with Crippen LogP contribution in [-0.2, 0) is 7.05 Å². The highest BCUT2D eigenvalue weighted by Crippen LogP contribution is 2.16. The van der Waals surface area contributed by atoms with Crippen LogP contribution in [0.3, 0.4) is 0 Å². The largest absolute Gasteiger partial charge is 0.355 e. The summed E-state index contributed by atoms with van der Waals surface area (Å²) in [5.74, 6) is 1.18. The average Bonchev–Trinajstić information content (AvgIpc) is 2.94. The van der Waals surface area contributed by atoms with Gasteiger partial charge < -0.3 is 15.2 Å². The molecule has 0 aliphatic heterocycles. The predicted octanol–water partition coefficient (Wildman–Crippen LogP) is 1.91. The molecule has 0 saturated heterocycles. The molecule has 0 aromatic carbocycles. The summed E-state index contributed by atoms with van der Waals surface area (Å²) in [6.45, 7) is 4.78. The van der Waals surface area contributed by atoms with E-state index in [2.05, 4.69) is 32.5 Å². The van der Waals surface area contributed by atoms with Crippen molar-refractivity contribution >= 4 is 11.9 Å². The Morgan fingerprint density at radius 2 is 2.00 bits per heavy atom. The number of imidazole rings is 1. The lowest BCUT2D eigenvalue weighted by Gasteiger charge is -2.17. The fourth-order valence-corrected chi connectivity index (χ4v) is 2.20. The molecule has 1 atom stereocenters. The van der Waals surface area contributed by atoms with E-state index < -0.39 is 0 Å². The third-order valence-electron chi connectivity index (χ3n) is 3.30. The number of hydrogen-bond donors (Lipinski definition) is 2. The van der Waals surface area contributed by atoms with Gasteiger partial charge in [-0.15, -0.1) is 0 Å². The first kappa shape index (κ1) is 15.9. The first-order chi connectivity index (χ1) is 10.7. The van der Waals surface area contributed by atoms with E-state index in [-0.39, 0.29) is 11.9 Å². The minimum absolute atomic E-state index is 0.119. The Hall–Kier alpha value is -2.44. The first-order valence-electron chi connectivity index (χ1n) is 7.49. The van der Waals surface area contributed by atoms with Crippen LogP contribution in [0.4, 0.5) is 5.95 Å². The molecule has 0 fully saturated rings. The lowest BCUT2D eigenvalue weighted by atomic mass is 10.1. The number of carbonyl (C=O) groups is 1. The molecule has 0 unspecified atom stereocenters. The second kappa shape index (κ2) is 7.53. The Balaban J connectivity index is 2.09. The predicted molar refractivity (Wildman–Crippen MR) is 84.5 cm³/mol. The number of hydrogen-bond acceptors (Lipinski definition) is 5. The van der Waals surface area contributed by atoms with Crippen molar-refractivity contribution in [2.45, 2.75) is 32.7 Å². The number of nitrogens with zero attached hydrogens (tertiary/aromatic N) is 4. The molecule has 2 rings (SSSR count). The quantitative estimate of drug-likeness (QED) is 0.816. The third-order valence-corrected chi connectivity index (χ3v) is 3.30. The van der Waals surface area contributed by atoms with Crippen molar-refractivity contribution in [1.82, 2.24) is 24.8 Å². The summed E-state index contributed by atoms with van der Waals surface area (Å²) >= 11 is 0. The standard InChI is InChI=1S/C15H22N6O/c1-4-6-12(13-17-7-8-21(13)3)20-14(22)11-9-18-15(16-5-2)19-10-11/h7-10,12H,4-6H2,1-3H3,(H,20,22)(H,16,18,19)/t12-/m1/s1. The second-order valence-corrected chi connectivity index (χ2v) is 5.04. The van der Waals surface area contributed by atoms with Gasteiger partial charge in [0.25, 0.3) is 5.91 Å². The summed E-state index contributed by atoms with van der Waals surface area (Å²) in [6.07, 6.45) is 8.45. The number of nitrogens with one attached hydrogen (secondary N) is 2. The fourth-order valence-electron chi connectivity index (χ4n) is 2.20. The van der Waals surface area contributed by atoms with Crippen LogP contribution in [0.15, 0.2) is 24.8 Å². The van der Waals surface area contributed by atoms with Gasteiger partial charge in [-0.1, -0.05) is 13.3 Å². The molecule has 7 nitrogen and oxygen atoms in total. The summed E-state index contributed by atoms with van der Waals surface area (Å²) in [4.78, 5) is 24.9. The maximum absolute atomic E-state index is 12.4. The molecule has 0 spiro atoms. The van der Waals surface area contributed by atoms with Crippen molar-refractivity contribution in [3.63, 3.8) is 0 Å². The van der Waals surface area contributed by atoms with E-state index in [1.54, 1.807) is 6.20 Å². The molecule has 22 heavy (non-hydrogen) atoms. The molecule has 1 amide bonds. The SMILES string of the molecule is CCC[C@@H](NC(=O)c1cnc(NCC)nc1)c1nccn1C. The van der Waals surface area contributed by atoms with Gasteiger partial charge >= 0.3 is 0 Å². The molecule has 2 aromatic heterocycles. The van der Waals surface area contributed by atoms with Crippen molar-refractivity contribution < 1.29 is 4.79 Å². The van der Waals surface area contributed by atoms with Crippen molar-refractivity contribution in [1.29, 1.82) is 0 Å². The van der Waals surface area contributed by atoms with Gasteiger partial charge in [0.15, 0.2) is 0 Å². The van der Waals surface area contributed by atoms with Crippen LogP contribution in [0.5, 0.6) is 0 Å². The van der Waals surface area contributed by atoms with Gasteiger partial charge in [0.1, 0.15) is 5.82 Å². The Labute approximate surface area is 130 Å². The Kier molecular flexibility index (Phi) is 5.46. The molecule has 0 saturated carbocycles. The summed E-state index contributed by atoms with van der Waals surface area (Å²) in [5, 5.41) is 6.00. The maximum atomic E-state index is 12.4. The van der Waals surface area contributed by atoms with Crippen molar-refractivity contribution in [3.05, 3.63) is 36.2 Å². The lowest BCUT2D eigenvalue weighted by molar-refractivity contribution is 0.0931. The first-order valence-corrected chi connectivity index (χ1v) is 7.49. The molecule has 0 aliphatic carbocycles. The van der Waals surface area contributed by atoms with Gasteiger partial charge in [-0.2, -0.15) is 0 Å². The molecule has 0 radical (unpaired) electrons. The minimum atomic E-state index is -0.190. The number of aryl methyl sites for hydroxylation is 1. The van der Waals surface area contributed by atoms with E-state index in [0.717, 1.165) is 25.2 Å². The molecule has 118 valence electrons. The maximum Gasteiger partial charge on any atom is 0.255 e. The normalized spacial score (nSPS) is 12.0. The van der Waals surface area contributed by atoms with E-state index in [9.17, 15) is 4.79 Å². The zero-order valence-electron chi connectivity index (χ0n) is 13.2. The Morgan fingerprint density at radius 1 is 1.27 bits per heavy atom. The van der Waals surface area contributed by atoms with Crippen molar-refractivity contribution in [2.75, 3.05) is 11.9 Å². The molecule has 7 heteroatoms. The number of aromatic nitrogens is 4. The average molecular weight is 302 g/mol. The molecule has 0 bridgehead atoms. The fraction of sp³-hybridized carbons (Fsp3) is 0.467. The van der Waals surface area contributed by atoms with Gasteiger partial charge in [-0.25, -0.2) is 15.0 Å². The van der Waals surface area contributed by atoms with E-state index in [0.29, 0.717) is 11.5 Å². The topological polar surface area (TPSA) is 84.7 Å². The molecule has 2 aromatic rings. The highest BCUT2D eigenvalue weighted by molar-refractivity contribution is 5.93. The van der Waals surface area contributed by atoms with Gasteiger partial charge in [-0.3, -0.25) is 4.79 Å². The third kappa shape index (κ3) is 3.81. The summed E-state index contributed by atoms with van der Waals surface area (Å²) < 4.78 is 1.92. The number of anilines is 1. The van der Waals surface area contributed by atoms with Crippen LogP contribution in [-0.4, -0.2) is 32.0 Å². The van der Waals surface area contributed by atoms with E-state index in [1.807, 2.05) is 24.7 Å². The van der Waals surface area contributed by atoms with Crippen molar-refractivity contribution in [2.24, 2.45) is 7.05 Å². The highest BCUT2D eigenvalue weighted by Gasteiger charge is 2.19. The monoisotopic (exact) mass is 302 g/mol. The second-order valence-electron chi connectivity index (χ2n) is 5.04. The zero-order chi connectivity index (χ0) is 15.9. The van der Waals surface area contributed by atoms with Gasteiger partial charge in [0, 0.05) is 38.4 Å². The van der Waals surface area contributed by atoms with Crippen LogP contribution in [0, 0.1) is 0 Å². The van der Waals surface area contributed by atoms with E-state index in [1.165, 1.54) is 12.4 Å². The zero-order valence-corrected chi connectivity index (χ0v) is 13.2. The summed E-state index contributed by atoms with van der Waals surface area (Å²) in [5.41, 5.74) is 0.442.